The molecule has 1 aromatic carbocycles. The Bertz CT molecular complexity index is 332. The van der Waals surface area contributed by atoms with Gasteiger partial charge in [0.05, 0.1) is 0 Å². The maximum atomic E-state index is 3.52. The van der Waals surface area contributed by atoms with Crippen LogP contribution in [-0.4, -0.2) is 19.1 Å². The van der Waals surface area contributed by atoms with E-state index in [1.165, 1.54) is 34.2 Å². The molecule has 1 heterocycles. The molecule has 0 aromatic heterocycles. The minimum atomic E-state index is 0.656. The maximum Gasteiger partial charge on any atom is 0.0371 e. The van der Waals surface area contributed by atoms with Crippen LogP contribution in [0.25, 0.3) is 0 Å². The predicted octanol–water partition coefficient (Wildman–Crippen LogP) is 2.76. The first-order valence-electron chi connectivity index (χ1n) is 5.49. The van der Waals surface area contributed by atoms with Crippen LogP contribution >= 0.6 is 22.6 Å². The molecule has 1 aromatic rings. The lowest BCUT2D eigenvalue weighted by atomic mass is 10.2. The van der Waals surface area contributed by atoms with Crippen LogP contribution in [0.1, 0.15) is 18.4 Å². The van der Waals surface area contributed by atoms with Gasteiger partial charge in [-0.05, 0) is 72.7 Å². The molecule has 1 unspecified atom stereocenters. The van der Waals surface area contributed by atoms with E-state index >= 15 is 0 Å². The van der Waals surface area contributed by atoms with E-state index < -0.39 is 0 Å². The zero-order chi connectivity index (χ0) is 10.7. The highest BCUT2D eigenvalue weighted by atomic mass is 127. The van der Waals surface area contributed by atoms with Crippen molar-refractivity contribution < 1.29 is 0 Å². The average molecular weight is 316 g/mol. The molecular formula is C12H17IN2. The molecule has 1 atom stereocenters. The molecule has 1 fully saturated rings. The van der Waals surface area contributed by atoms with Crippen LogP contribution in [0.3, 0.4) is 0 Å². The van der Waals surface area contributed by atoms with Crippen molar-refractivity contribution >= 4 is 28.3 Å². The van der Waals surface area contributed by atoms with Gasteiger partial charge in [0.2, 0.25) is 0 Å². The molecule has 0 aliphatic carbocycles. The number of hydrogen-bond donors (Lipinski definition) is 2. The van der Waals surface area contributed by atoms with E-state index in [1.54, 1.807) is 0 Å². The number of nitrogens with one attached hydrogen (secondary N) is 2. The van der Waals surface area contributed by atoms with Gasteiger partial charge < -0.3 is 10.6 Å². The van der Waals surface area contributed by atoms with E-state index in [-0.39, 0.29) is 0 Å². The Hall–Kier alpha value is -0.290. The highest BCUT2D eigenvalue weighted by Gasteiger charge is 2.13. The second-order valence-corrected chi connectivity index (χ2v) is 5.38. The summed E-state index contributed by atoms with van der Waals surface area (Å²) < 4.78 is 1.30. The molecule has 0 bridgehead atoms. The van der Waals surface area contributed by atoms with Gasteiger partial charge in [-0.2, -0.15) is 0 Å². The lowest BCUT2D eigenvalue weighted by Crippen LogP contribution is -2.29. The third-order valence-corrected chi connectivity index (χ3v) is 3.56. The van der Waals surface area contributed by atoms with Crippen molar-refractivity contribution in [2.75, 3.05) is 18.4 Å². The van der Waals surface area contributed by atoms with Crippen molar-refractivity contribution in [2.24, 2.45) is 0 Å². The molecule has 0 radical (unpaired) electrons. The van der Waals surface area contributed by atoms with Gasteiger partial charge in [0, 0.05) is 21.8 Å². The number of rotatable bonds is 3. The van der Waals surface area contributed by atoms with E-state index in [2.05, 4.69) is 58.3 Å². The van der Waals surface area contributed by atoms with Crippen LogP contribution in [0, 0.1) is 10.5 Å². The van der Waals surface area contributed by atoms with Gasteiger partial charge in [-0.3, -0.25) is 0 Å². The van der Waals surface area contributed by atoms with Crippen molar-refractivity contribution in [1.29, 1.82) is 0 Å². The van der Waals surface area contributed by atoms with E-state index in [0.717, 1.165) is 6.54 Å². The van der Waals surface area contributed by atoms with Crippen molar-refractivity contribution in [3.63, 3.8) is 0 Å². The molecule has 2 N–H and O–H groups in total. The molecule has 2 nitrogen and oxygen atoms in total. The Morgan fingerprint density at radius 3 is 3.07 bits per heavy atom. The Morgan fingerprint density at radius 2 is 2.40 bits per heavy atom. The highest BCUT2D eigenvalue weighted by Crippen LogP contribution is 2.18. The van der Waals surface area contributed by atoms with E-state index in [0.29, 0.717) is 6.04 Å². The standard InChI is InChI=1S/C12H17IN2/c1-9-7-10(13)4-5-12(9)15-8-11-3-2-6-14-11/h4-5,7,11,14-15H,2-3,6,8H2,1H3. The van der Waals surface area contributed by atoms with Crippen LogP contribution in [-0.2, 0) is 0 Å². The molecule has 1 aliphatic heterocycles. The fourth-order valence-electron chi connectivity index (χ4n) is 1.99. The summed E-state index contributed by atoms with van der Waals surface area (Å²) in [6.45, 7) is 4.38. The summed E-state index contributed by atoms with van der Waals surface area (Å²) in [5.74, 6) is 0. The molecule has 15 heavy (non-hydrogen) atoms. The first-order valence-corrected chi connectivity index (χ1v) is 6.57. The van der Waals surface area contributed by atoms with Gasteiger partial charge in [0.15, 0.2) is 0 Å². The first-order chi connectivity index (χ1) is 7.25. The summed E-state index contributed by atoms with van der Waals surface area (Å²) in [7, 11) is 0. The third kappa shape index (κ3) is 3.08. The van der Waals surface area contributed by atoms with Crippen LogP contribution in [0.15, 0.2) is 18.2 Å². The number of benzene rings is 1. The van der Waals surface area contributed by atoms with E-state index in [9.17, 15) is 0 Å². The Labute approximate surface area is 105 Å². The fourth-order valence-corrected chi connectivity index (χ4v) is 2.64. The summed E-state index contributed by atoms with van der Waals surface area (Å²) in [5.41, 5.74) is 2.60. The Morgan fingerprint density at radius 1 is 1.53 bits per heavy atom. The summed E-state index contributed by atoms with van der Waals surface area (Å²) in [4.78, 5) is 0. The van der Waals surface area contributed by atoms with Crippen LogP contribution in [0.4, 0.5) is 5.69 Å². The minimum Gasteiger partial charge on any atom is -0.383 e. The van der Waals surface area contributed by atoms with Crippen LogP contribution in [0.2, 0.25) is 0 Å². The van der Waals surface area contributed by atoms with Crippen molar-refractivity contribution in [3.8, 4) is 0 Å². The van der Waals surface area contributed by atoms with E-state index in [4.69, 9.17) is 0 Å². The monoisotopic (exact) mass is 316 g/mol. The molecule has 2 rings (SSSR count). The Kier molecular flexibility index (Phi) is 3.86. The third-order valence-electron chi connectivity index (χ3n) is 2.89. The van der Waals surface area contributed by atoms with Crippen LogP contribution in [0.5, 0.6) is 0 Å². The molecule has 0 saturated carbocycles. The summed E-state index contributed by atoms with van der Waals surface area (Å²) in [6, 6.07) is 7.19. The molecule has 1 aliphatic rings. The average Bonchev–Trinajstić information content (AvgIpc) is 2.69. The number of anilines is 1. The lowest BCUT2D eigenvalue weighted by molar-refractivity contribution is 0.633. The SMILES string of the molecule is Cc1cc(I)ccc1NCC1CCCN1. The summed E-state index contributed by atoms with van der Waals surface area (Å²) >= 11 is 2.35. The van der Waals surface area contributed by atoms with E-state index in [1.807, 2.05) is 0 Å². The zero-order valence-corrected chi connectivity index (χ0v) is 11.2. The van der Waals surface area contributed by atoms with Gasteiger partial charge in [-0.1, -0.05) is 0 Å². The topological polar surface area (TPSA) is 24.1 Å². The zero-order valence-electron chi connectivity index (χ0n) is 9.02. The summed E-state index contributed by atoms with van der Waals surface area (Å²) in [5, 5.41) is 7.01. The lowest BCUT2D eigenvalue weighted by Gasteiger charge is -2.14. The minimum absolute atomic E-state index is 0.656. The predicted molar refractivity (Wildman–Crippen MR) is 73.4 cm³/mol. The fraction of sp³-hybridized carbons (Fsp3) is 0.500. The van der Waals surface area contributed by atoms with Gasteiger partial charge in [-0.25, -0.2) is 0 Å². The summed E-state index contributed by atoms with van der Waals surface area (Å²) in [6.07, 6.45) is 2.62. The van der Waals surface area contributed by atoms with Crippen molar-refractivity contribution in [1.82, 2.24) is 5.32 Å². The molecule has 82 valence electrons. The Balaban J connectivity index is 1.92. The molecule has 1 saturated heterocycles. The molecule has 3 heteroatoms. The van der Waals surface area contributed by atoms with Crippen molar-refractivity contribution in [3.05, 3.63) is 27.3 Å². The van der Waals surface area contributed by atoms with Gasteiger partial charge in [0.1, 0.15) is 0 Å². The number of aryl methyl sites for hydroxylation is 1. The van der Waals surface area contributed by atoms with Crippen LogP contribution < -0.4 is 10.6 Å². The number of hydrogen-bond acceptors (Lipinski definition) is 2. The first kappa shape index (κ1) is 11.2. The second kappa shape index (κ2) is 5.16. The molecule has 0 spiro atoms. The highest BCUT2D eigenvalue weighted by molar-refractivity contribution is 14.1. The largest absolute Gasteiger partial charge is 0.383 e. The number of halogens is 1. The van der Waals surface area contributed by atoms with Gasteiger partial charge in [-0.15, -0.1) is 0 Å². The van der Waals surface area contributed by atoms with Gasteiger partial charge >= 0.3 is 0 Å². The smallest absolute Gasteiger partial charge is 0.0371 e. The molecular weight excluding hydrogens is 299 g/mol. The normalized spacial score (nSPS) is 20.5. The quantitative estimate of drug-likeness (QED) is 0.838. The van der Waals surface area contributed by atoms with Crippen molar-refractivity contribution in [2.45, 2.75) is 25.8 Å². The molecule has 0 amide bonds. The second-order valence-electron chi connectivity index (χ2n) is 4.13. The van der Waals surface area contributed by atoms with Gasteiger partial charge in [0.25, 0.3) is 0 Å². The maximum absolute atomic E-state index is 3.52.